The van der Waals surface area contributed by atoms with E-state index < -0.39 is 13.2 Å². The van der Waals surface area contributed by atoms with Gasteiger partial charge in [0.1, 0.15) is 0 Å². The molecule has 1 aromatic heterocycles. The number of hydrogen-bond acceptors (Lipinski definition) is 3. The van der Waals surface area contributed by atoms with Crippen LogP contribution in [0.3, 0.4) is 0 Å². The monoisotopic (exact) mass is 172 g/mol. The third kappa shape index (κ3) is 1.39. The fourth-order valence-electron chi connectivity index (χ4n) is 0.950. The second kappa shape index (κ2) is 3.51. The normalized spacial score (nSPS) is 13.9. The quantitative estimate of drug-likeness (QED) is 0.563. The first-order valence-electron chi connectivity index (χ1n) is 4.44. The van der Waals surface area contributed by atoms with Crippen molar-refractivity contribution in [2.75, 3.05) is 0 Å². The SMILES string of the molecule is [2H]C([2H])(O)c1c[nH+]c(C)c(O)c1CO. The summed E-state index contributed by atoms with van der Waals surface area (Å²) in [7, 11) is 0. The van der Waals surface area contributed by atoms with Crippen LogP contribution in [0.25, 0.3) is 0 Å². The minimum atomic E-state index is -2.58. The summed E-state index contributed by atoms with van der Waals surface area (Å²) in [4.78, 5) is 2.59. The lowest BCUT2D eigenvalue weighted by Crippen LogP contribution is -2.11. The van der Waals surface area contributed by atoms with Crippen molar-refractivity contribution in [3.05, 3.63) is 23.0 Å². The molecule has 0 aliphatic rings. The van der Waals surface area contributed by atoms with Crippen LogP contribution in [0, 0.1) is 6.92 Å². The van der Waals surface area contributed by atoms with E-state index in [-0.39, 0.29) is 16.9 Å². The fourth-order valence-corrected chi connectivity index (χ4v) is 0.950. The molecule has 12 heavy (non-hydrogen) atoms. The molecule has 0 aliphatic carbocycles. The first kappa shape index (κ1) is 6.39. The third-order valence-corrected chi connectivity index (χ3v) is 1.68. The van der Waals surface area contributed by atoms with Gasteiger partial charge >= 0.3 is 0 Å². The van der Waals surface area contributed by atoms with Crippen molar-refractivity contribution in [3.8, 4) is 5.75 Å². The number of aliphatic hydroxyl groups excluding tert-OH is 1. The number of aromatic hydroxyl groups is 1. The molecule has 0 saturated heterocycles. The van der Waals surface area contributed by atoms with Gasteiger partial charge in [0.15, 0.2) is 11.9 Å². The lowest BCUT2D eigenvalue weighted by atomic mass is 10.1. The van der Waals surface area contributed by atoms with Crippen LogP contribution in [0.2, 0.25) is 0 Å². The lowest BCUT2D eigenvalue weighted by molar-refractivity contribution is -0.389. The average molecular weight is 172 g/mol. The Morgan fingerprint density at radius 3 is 2.75 bits per heavy atom. The molecule has 4 nitrogen and oxygen atoms in total. The van der Waals surface area contributed by atoms with Crippen molar-refractivity contribution in [1.29, 1.82) is 0 Å². The van der Waals surface area contributed by atoms with Crippen LogP contribution in [0.4, 0.5) is 0 Å². The molecule has 0 bridgehead atoms. The highest BCUT2D eigenvalue weighted by Gasteiger charge is 2.13. The van der Waals surface area contributed by atoms with Crippen molar-refractivity contribution in [1.82, 2.24) is 0 Å². The molecule has 0 amide bonds. The number of aromatic nitrogens is 1. The smallest absolute Gasteiger partial charge is 0.219 e. The van der Waals surface area contributed by atoms with Gasteiger partial charge in [0.25, 0.3) is 0 Å². The summed E-state index contributed by atoms with van der Waals surface area (Å²) in [5.41, 5.74) is 0.235. The summed E-state index contributed by atoms with van der Waals surface area (Å²) in [6.07, 6.45) is 1.22. The molecule has 0 radical (unpaired) electrons. The fraction of sp³-hybridized carbons (Fsp3) is 0.375. The van der Waals surface area contributed by atoms with Gasteiger partial charge in [-0.25, -0.2) is 4.98 Å². The topological polar surface area (TPSA) is 74.8 Å². The van der Waals surface area contributed by atoms with Crippen molar-refractivity contribution in [3.63, 3.8) is 0 Å². The number of hydrogen-bond donors (Lipinski definition) is 3. The third-order valence-electron chi connectivity index (χ3n) is 1.68. The Labute approximate surface area is 72.9 Å². The van der Waals surface area contributed by atoms with Crippen LogP contribution in [-0.4, -0.2) is 15.3 Å². The molecular weight excluding hydrogens is 158 g/mol. The molecule has 4 N–H and O–H groups in total. The average Bonchev–Trinajstić information content (AvgIpc) is 2.07. The van der Waals surface area contributed by atoms with Gasteiger partial charge in [0.2, 0.25) is 5.69 Å². The van der Waals surface area contributed by atoms with Gasteiger partial charge in [0, 0.05) is 12.5 Å². The van der Waals surface area contributed by atoms with E-state index in [2.05, 4.69) is 4.98 Å². The second-order valence-corrected chi connectivity index (χ2v) is 2.42. The Balaban J connectivity index is 3.39. The van der Waals surface area contributed by atoms with E-state index in [1.54, 1.807) is 6.92 Å². The molecule has 0 spiro atoms. The summed E-state index contributed by atoms with van der Waals surface area (Å²) in [6.45, 7) is -1.54. The summed E-state index contributed by atoms with van der Waals surface area (Å²) >= 11 is 0. The zero-order valence-corrected chi connectivity index (χ0v) is 6.63. The number of H-pyrrole nitrogens is 1. The first-order valence-corrected chi connectivity index (χ1v) is 3.44. The van der Waals surface area contributed by atoms with E-state index >= 15 is 0 Å². The van der Waals surface area contributed by atoms with E-state index in [4.69, 9.17) is 13.0 Å². The standard InChI is InChI=1S/C8H11NO3/c1-5-8(12)7(4-11)6(3-10)2-9-5/h2,10-12H,3-4H2,1H3/p+1/i3D2. The molecule has 0 aromatic carbocycles. The van der Waals surface area contributed by atoms with Gasteiger partial charge in [-0.3, -0.25) is 0 Å². The van der Waals surface area contributed by atoms with Gasteiger partial charge in [-0.2, -0.15) is 0 Å². The molecule has 0 fully saturated rings. The molecule has 4 heteroatoms. The lowest BCUT2D eigenvalue weighted by Gasteiger charge is -2.03. The maximum Gasteiger partial charge on any atom is 0.219 e. The molecule has 66 valence electrons. The molecule has 0 unspecified atom stereocenters. The summed E-state index contributed by atoms with van der Waals surface area (Å²) in [6, 6.07) is 0. The molecular formula is C8H12NO3+. The number of pyridine rings is 1. The minimum Gasteiger partial charge on any atom is -0.502 e. The Bertz CT molecular complexity index is 349. The van der Waals surface area contributed by atoms with E-state index in [9.17, 15) is 5.11 Å². The van der Waals surface area contributed by atoms with Crippen LogP contribution in [-0.2, 0) is 13.2 Å². The van der Waals surface area contributed by atoms with E-state index in [0.29, 0.717) is 5.69 Å². The predicted octanol–water partition coefficient (Wildman–Crippen LogP) is -0.501. The van der Waals surface area contributed by atoms with Crippen LogP contribution in [0.15, 0.2) is 6.20 Å². The zero-order chi connectivity index (χ0) is 10.9. The van der Waals surface area contributed by atoms with Gasteiger partial charge in [0.05, 0.1) is 21.5 Å². The number of aryl methyl sites for hydroxylation is 1. The summed E-state index contributed by atoms with van der Waals surface area (Å²) in [5.74, 6) is -0.233. The molecule has 1 rings (SSSR count). The van der Waals surface area contributed by atoms with Crippen LogP contribution in [0.5, 0.6) is 5.75 Å². The molecule has 1 aromatic rings. The molecule has 0 saturated carbocycles. The maximum absolute atomic E-state index is 9.47. The zero-order valence-electron chi connectivity index (χ0n) is 8.63. The number of aliphatic hydroxyl groups is 2. The van der Waals surface area contributed by atoms with Crippen molar-refractivity contribution in [2.24, 2.45) is 0 Å². The Kier molecular flexibility index (Phi) is 1.87. The van der Waals surface area contributed by atoms with Crippen LogP contribution < -0.4 is 4.98 Å². The van der Waals surface area contributed by atoms with Crippen molar-refractivity contribution in [2.45, 2.75) is 20.1 Å². The minimum absolute atomic E-state index is 0.00579. The van der Waals surface area contributed by atoms with Gasteiger partial charge in [-0.05, 0) is 0 Å². The maximum atomic E-state index is 9.47. The second-order valence-electron chi connectivity index (χ2n) is 2.42. The highest BCUT2D eigenvalue weighted by Crippen LogP contribution is 2.21. The van der Waals surface area contributed by atoms with Crippen LogP contribution >= 0.6 is 0 Å². The first-order chi connectivity index (χ1) is 6.38. The van der Waals surface area contributed by atoms with Crippen molar-refractivity contribution >= 4 is 0 Å². The largest absolute Gasteiger partial charge is 0.502 e. The molecule has 1 heterocycles. The number of rotatable bonds is 2. The van der Waals surface area contributed by atoms with Crippen LogP contribution in [0.1, 0.15) is 19.6 Å². The highest BCUT2D eigenvalue weighted by molar-refractivity contribution is 5.37. The van der Waals surface area contributed by atoms with Gasteiger partial charge < -0.3 is 15.3 Å². The van der Waals surface area contributed by atoms with E-state index in [1.807, 2.05) is 0 Å². The summed E-state index contributed by atoms with van der Waals surface area (Å²) in [5, 5.41) is 27.5. The van der Waals surface area contributed by atoms with E-state index in [0.717, 1.165) is 0 Å². The summed E-state index contributed by atoms with van der Waals surface area (Å²) < 4.78 is 14.1. The Morgan fingerprint density at radius 2 is 2.25 bits per heavy atom. The molecule has 0 aliphatic heterocycles. The Morgan fingerprint density at radius 1 is 1.58 bits per heavy atom. The predicted molar refractivity (Wildman–Crippen MR) is 41.2 cm³/mol. The number of aromatic amines is 1. The Hall–Kier alpha value is -1.13. The van der Waals surface area contributed by atoms with Gasteiger partial charge in [-0.1, -0.05) is 0 Å². The highest BCUT2D eigenvalue weighted by atomic mass is 16.3. The van der Waals surface area contributed by atoms with Crippen molar-refractivity contribution < 1.29 is 23.0 Å². The van der Waals surface area contributed by atoms with Gasteiger partial charge in [-0.15, -0.1) is 0 Å². The van der Waals surface area contributed by atoms with E-state index in [1.165, 1.54) is 6.20 Å². The number of nitrogens with one attached hydrogen (secondary N) is 1. The molecule has 0 atom stereocenters.